The summed E-state index contributed by atoms with van der Waals surface area (Å²) in [5.74, 6) is 5.89. The van der Waals surface area contributed by atoms with E-state index in [-0.39, 0.29) is 6.10 Å². The number of hydrogen-bond donors (Lipinski definition) is 1. The van der Waals surface area contributed by atoms with E-state index in [1.54, 1.807) is 5.57 Å². The largest absolute Gasteiger partial charge is 0.393 e. The first-order valence-corrected chi connectivity index (χ1v) is 12.0. The third-order valence-corrected chi connectivity index (χ3v) is 8.00. The number of rotatable bonds is 4. The van der Waals surface area contributed by atoms with Crippen LogP contribution in [-0.2, 0) is 0 Å². The second-order valence-electron chi connectivity index (χ2n) is 10.2. The van der Waals surface area contributed by atoms with E-state index in [0.29, 0.717) is 0 Å². The molecule has 3 fully saturated rings. The van der Waals surface area contributed by atoms with Gasteiger partial charge in [0.15, 0.2) is 0 Å². The summed E-state index contributed by atoms with van der Waals surface area (Å²) in [4.78, 5) is 0. The summed E-state index contributed by atoms with van der Waals surface area (Å²) in [6.07, 6.45) is 20.3. The fourth-order valence-corrected chi connectivity index (χ4v) is 6.67. The van der Waals surface area contributed by atoms with Crippen molar-refractivity contribution in [2.75, 3.05) is 0 Å². The van der Waals surface area contributed by atoms with E-state index in [4.69, 9.17) is 0 Å². The molecule has 6 atom stereocenters. The van der Waals surface area contributed by atoms with Crippen molar-refractivity contribution in [1.82, 2.24) is 0 Å². The standard InChI is InChI=1S/C17H26O.C8H18/c18-13-6-9-15-12(10-13)5-8-16-14-3-1-2-11(14)4-7-17(15)16;1-4-5-6-7-8(2)3/h5,11,13-18H,1-4,6-10H2;8H,4-7H2,1-3H3/t11?,13-,14?,15?,16?,17?;/m0./s1. The van der Waals surface area contributed by atoms with Gasteiger partial charge in [-0.2, -0.15) is 0 Å². The van der Waals surface area contributed by atoms with Crippen molar-refractivity contribution in [3.05, 3.63) is 11.6 Å². The van der Waals surface area contributed by atoms with Crippen LogP contribution in [0.1, 0.15) is 104 Å². The highest BCUT2D eigenvalue weighted by atomic mass is 16.3. The Morgan fingerprint density at radius 1 is 0.962 bits per heavy atom. The molecule has 26 heavy (non-hydrogen) atoms. The first-order chi connectivity index (χ1) is 12.6. The zero-order valence-electron chi connectivity index (χ0n) is 17.8. The Balaban J connectivity index is 0.000000211. The van der Waals surface area contributed by atoms with Crippen molar-refractivity contribution < 1.29 is 5.11 Å². The van der Waals surface area contributed by atoms with Crippen molar-refractivity contribution in [1.29, 1.82) is 0 Å². The van der Waals surface area contributed by atoms with Crippen LogP contribution < -0.4 is 0 Å². The highest BCUT2D eigenvalue weighted by Gasteiger charge is 2.46. The molecule has 150 valence electrons. The Morgan fingerprint density at radius 3 is 2.58 bits per heavy atom. The third-order valence-electron chi connectivity index (χ3n) is 8.00. The zero-order chi connectivity index (χ0) is 18.5. The molecule has 0 heterocycles. The van der Waals surface area contributed by atoms with Gasteiger partial charge in [0.25, 0.3) is 0 Å². The number of unbranched alkanes of at least 4 members (excludes halogenated alkanes) is 2. The van der Waals surface area contributed by atoms with Crippen molar-refractivity contribution >= 4 is 0 Å². The summed E-state index contributed by atoms with van der Waals surface area (Å²) >= 11 is 0. The molecule has 5 unspecified atom stereocenters. The number of allylic oxidation sites excluding steroid dienone is 1. The number of aliphatic hydroxyl groups excluding tert-OH is 1. The van der Waals surface area contributed by atoms with E-state index in [9.17, 15) is 5.11 Å². The highest BCUT2D eigenvalue weighted by molar-refractivity contribution is 5.18. The number of aliphatic hydroxyl groups is 1. The first kappa shape index (κ1) is 20.4. The molecule has 4 aliphatic carbocycles. The SMILES string of the molecule is CCCCCC(C)C.O[C@H]1CCC2C(=CCC3C4CCCC4CCC23)C1. The van der Waals surface area contributed by atoms with Crippen LogP contribution in [0.15, 0.2) is 11.6 Å². The quantitative estimate of drug-likeness (QED) is 0.417. The molecule has 0 spiro atoms. The lowest BCUT2D eigenvalue weighted by atomic mass is 9.57. The van der Waals surface area contributed by atoms with Crippen LogP contribution in [0, 0.1) is 35.5 Å². The van der Waals surface area contributed by atoms with Crippen molar-refractivity contribution in [2.24, 2.45) is 35.5 Å². The lowest BCUT2D eigenvalue weighted by Gasteiger charge is -2.49. The molecule has 0 bridgehead atoms. The van der Waals surface area contributed by atoms with Crippen molar-refractivity contribution in [2.45, 2.75) is 110 Å². The molecule has 1 heteroatoms. The monoisotopic (exact) mass is 360 g/mol. The molecule has 0 aliphatic heterocycles. The molecule has 0 saturated heterocycles. The predicted molar refractivity (Wildman–Crippen MR) is 112 cm³/mol. The normalized spacial score (nSPS) is 38.6. The Hall–Kier alpha value is -0.300. The van der Waals surface area contributed by atoms with Crippen LogP contribution in [0.2, 0.25) is 0 Å². The molecule has 1 nitrogen and oxygen atoms in total. The third kappa shape index (κ3) is 4.94. The molecule has 0 aromatic heterocycles. The minimum atomic E-state index is -0.0353. The Bertz CT molecular complexity index is 451. The summed E-state index contributed by atoms with van der Waals surface area (Å²) in [5.41, 5.74) is 1.63. The smallest absolute Gasteiger partial charge is 0.0577 e. The topological polar surface area (TPSA) is 20.2 Å². The van der Waals surface area contributed by atoms with Gasteiger partial charge in [-0.25, -0.2) is 0 Å². The average Bonchev–Trinajstić information content (AvgIpc) is 3.10. The number of hydrogen-bond acceptors (Lipinski definition) is 1. The van der Waals surface area contributed by atoms with Gasteiger partial charge in [-0.1, -0.05) is 70.9 Å². The van der Waals surface area contributed by atoms with Crippen LogP contribution in [0.3, 0.4) is 0 Å². The van der Waals surface area contributed by atoms with Gasteiger partial charge in [-0.3, -0.25) is 0 Å². The van der Waals surface area contributed by atoms with E-state index >= 15 is 0 Å². The van der Waals surface area contributed by atoms with E-state index in [1.807, 2.05) is 0 Å². The van der Waals surface area contributed by atoms with Crippen LogP contribution in [0.5, 0.6) is 0 Å². The highest BCUT2D eigenvalue weighted by Crippen LogP contribution is 2.56. The van der Waals surface area contributed by atoms with Gasteiger partial charge in [0.05, 0.1) is 6.10 Å². The van der Waals surface area contributed by atoms with Crippen LogP contribution >= 0.6 is 0 Å². The van der Waals surface area contributed by atoms with E-state index < -0.39 is 0 Å². The summed E-state index contributed by atoms with van der Waals surface area (Å²) in [5, 5.41) is 9.85. The molecule has 3 saturated carbocycles. The Labute approximate surface area is 163 Å². The fraction of sp³-hybridized carbons (Fsp3) is 0.920. The lowest BCUT2D eigenvalue weighted by molar-refractivity contribution is 0.0436. The van der Waals surface area contributed by atoms with Gasteiger partial charge in [-0.05, 0) is 80.5 Å². The van der Waals surface area contributed by atoms with E-state index in [0.717, 1.165) is 48.3 Å². The van der Waals surface area contributed by atoms with Crippen LogP contribution in [-0.4, -0.2) is 11.2 Å². The average molecular weight is 361 g/mol. The van der Waals surface area contributed by atoms with Gasteiger partial charge < -0.3 is 5.11 Å². The van der Waals surface area contributed by atoms with Gasteiger partial charge in [0.1, 0.15) is 0 Å². The second kappa shape index (κ2) is 9.76. The van der Waals surface area contributed by atoms with Gasteiger partial charge >= 0.3 is 0 Å². The van der Waals surface area contributed by atoms with Crippen LogP contribution in [0.25, 0.3) is 0 Å². The van der Waals surface area contributed by atoms with Gasteiger partial charge in [0.2, 0.25) is 0 Å². The fourth-order valence-electron chi connectivity index (χ4n) is 6.67. The Morgan fingerprint density at radius 2 is 1.81 bits per heavy atom. The van der Waals surface area contributed by atoms with Crippen LogP contribution in [0.4, 0.5) is 0 Å². The summed E-state index contributed by atoms with van der Waals surface area (Å²) in [6.45, 7) is 6.83. The van der Waals surface area contributed by atoms with Gasteiger partial charge in [-0.15, -0.1) is 0 Å². The maximum atomic E-state index is 9.85. The molecule has 0 radical (unpaired) electrons. The summed E-state index contributed by atoms with van der Waals surface area (Å²) in [7, 11) is 0. The minimum absolute atomic E-state index is 0.0353. The summed E-state index contributed by atoms with van der Waals surface area (Å²) in [6, 6.07) is 0. The van der Waals surface area contributed by atoms with Gasteiger partial charge in [0, 0.05) is 0 Å². The number of fused-ring (bicyclic) bond motifs is 5. The maximum absolute atomic E-state index is 9.85. The molecule has 4 rings (SSSR count). The Kier molecular flexibility index (Phi) is 7.67. The molecular weight excluding hydrogens is 316 g/mol. The molecular formula is C25H44O. The zero-order valence-corrected chi connectivity index (χ0v) is 17.8. The predicted octanol–water partition coefficient (Wildman–Crippen LogP) is 7.14. The molecule has 4 aliphatic rings. The van der Waals surface area contributed by atoms with E-state index in [2.05, 4.69) is 26.8 Å². The van der Waals surface area contributed by atoms with E-state index in [1.165, 1.54) is 70.6 Å². The summed E-state index contributed by atoms with van der Waals surface area (Å²) < 4.78 is 0. The van der Waals surface area contributed by atoms with Crippen molar-refractivity contribution in [3.63, 3.8) is 0 Å². The maximum Gasteiger partial charge on any atom is 0.0577 e. The van der Waals surface area contributed by atoms with Crippen molar-refractivity contribution in [3.8, 4) is 0 Å². The second-order valence-corrected chi connectivity index (χ2v) is 10.2. The lowest BCUT2D eigenvalue weighted by Crippen LogP contribution is -2.40. The molecule has 0 aromatic rings. The molecule has 0 amide bonds. The first-order valence-electron chi connectivity index (χ1n) is 12.0. The minimum Gasteiger partial charge on any atom is -0.393 e. The molecule has 1 N–H and O–H groups in total. The molecule has 0 aromatic carbocycles.